The Morgan fingerprint density at radius 1 is 1.54 bits per heavy atom. The Morgan fingerprint density at radius 3 is 2.85 bits per heavy atom. The molecule has 2 saturated carbocycles. The molecule has 2 aliphatic carbocycles. The number of amides is 1. The van der Waals surface area contributed by atoms with E-state index in [0.717, 1.165) is 25.9 Å². The molecule has 3 atom stereocenters. The molecule has 1 heterocycles. The van der Waals surface area contributed by atoms with Crippen molar-refractivity contribution in [3.8, 4) is 0 Å². The van der Waals surface area contributed by atoms with Crippen LogP contribution in [0.25, 0.3) is 0 Å². The second kappa shape index (κ2) is 2.27. The number of nitrogens with one attached hydrogen (secondary N) is 2. The third-order valence-electron chi connectivity index (χ3n) is 4.05. The lowest BCUT2D eigenvalue weighted by molar-refractivity contribution is -0.123. The van der Waals surface area contributed by atoms with Gasteiger partial charge in [0.25, 0.3) is 0 Å². The summed E-state index contributed by atoms with van der Waals surface area (Å²) in [6, 6.07) is 0. The largest absolute Gasteiger partial charge is 0.349 e. The monoisotopic (exact) mass is 180 g/mol. The van der Waals surface area contributed by atoms with Gasteiger partial charge in [-0.15, -0.1) is 0 Å². The van der Waals surface area contributed by atoms with Gasteiger partial charge in [0.05, 0.1) is 5.54 Å². The van der Waals surface area contributed by atoms with Crippen LogP contribution in [-0.2, 0) is 4.79 Å². The Hall–Kier alpha value is -0.570. The first-order valence-corrected chi connectivity index (χ1v) is 5.27. The number of fused-ring (bicyclic) bond motifs is 1. The van der Waals surface area contributed by atoms with E-state index in [2.05, 4.69) is 17.6 Å². The highest BCUT2D eigenvalue weighted by atomic mass is 16.2. The summed E-state index contributed by atoms with van der Waals surface area (Å²) in [4.78, 5) is 11.6. The van der Waals surface area contributed by atoms with Crippen LogP contribution >= 0.6 is 0 Å². The summed E-state index contributed by atoms with van der Waals surface area (Å²) in [6.45, 7) is 4.32. The number of hydrogen-bond donors (Lipinski definition) is 2. The highest BCUT2D eigenvalue weighted by Gasteiger charge is 2.65. The molecule has 3 nitrogen and oxygen atoms in total. The zero-order valence-corrected chi connectivity index (χ0v) is 7.97. The Kier molecular flexibility index (Phi) is 1.36. The summed E-state index contributed by atoms with van der Waals surface area (Å²) in [5, 5.41) is 6.58. The quantitative estimate of drug-likeness (QED) is 0.634. The van der Waals surface area contributed by atoms with Crippen LogP contribution < -0.4 is 10.6 Å². The predicted octanol–water partition coefficient (Wildman–Crippen LogP) is 0.120. The first-order chi connectivity index (χ1) is 6.24. The van der Waals surface area contributed by atoms with Crippen LogP contribution in [0.15, 0.2) is 0 Å². The van der Waals surface area contributed by atoms with E-state index in [0.29, 0.717) is 23.7 Å². The van der Waals surface area contributed by atoms with Crippen LogP contribution in [0.4, 0.5) is 0 Å². The Bertz CT molecular complexity index is 262. The maximum atomic E-state index is 11.6. The molecule has 0 bridgehead atoms. The molecule has 0 unspecified atom stereocenters. The molecule has 0 spiro atoms. The standard InChI is InChI=1S/C10H16N2O/c1-6-8-4-11-5-10(6,8)12-9(13)7-2-3-7/h6-8,11H,2-5H2,1H3,(H,12,13)/t6-,8+,10-/m0/s1. The summed E-state index contributed by atoms with van der Waals surface area (Å²) >= 11 is 0. The van der Waals surface area contributed by atoms with Gasteiger partial charge in [-0.3, -0.25) is 4.79 Å². The van der Waals surface area contributed by atoms with Gasteiger partial charge < -0.3 is 10.6 Å². The second-order valence-electron chi connectivity index (χ2n) is 4.83. The summed E-state index contributed by atoms with van der Waals surface area (Å²) in [5.74, 6) is 2.05. The molecule has 0 aromatic heterocycles. The highest BCUT2D eigenvalue weighted by molar-refractivity contribution is 5.82. The van der Waals surface area contributed by atoms with E-state index in [4.69, 9.17) is 0 Å². The third-order valence-corrected chi connectivity index (χ3v) is 4.05. The maximum Gasteiger partial charge on any atom is 0.223 e. The Balaban J connectivity index is 1.68. The molecule has 13 heavy (non-hydrogen) atoms. The van der Waals surface area contributed by atoms with Gasteiger partial charge in [-0.25, -0.2) is 0 Å². The van der Waals surface area contributed by atoms with Crippen LogP contribution in [0.3, 0.4) is 0 Å². The second-order valence-corrected chi connectivity index (χ2v) is 4.83. The molecule has 3 rings (SSSR count). The molecule has 3 aliphatic rings. The zero-order valence-electron chi connectivity index (χ0n) is 7.97. The van der Waals surface area contributed by atoms with Crippen molar-refractivity contribution in [3.63, 3.8) is 0 Å². The van der Waals surface area contributed by atoms with Gasteiger partial charge >= 0.3 is 0 Å². The van der Waals surface area contributed by atoms with Gasteiger partial charge in [-0.1, -0.05) is 6.92 Å². The lowest BCUT2D eigenvalue weighted by Gasteiger charge is -2.15. The van der Waals surface area contributed by atoms with E-state index in [-0.39, 0.29) is 5.54 Å². The molecule has 0 aromatic carbocycles. The normalized spacial score (nSPS) is 47.2. The van der Waals surface area contributed by atoms with E-state index in [1.165, 1.54) is 0 Å². The molecular weight excluding hydrogens is 164 g/mol. The third kappa shape index (κ3) is 0.966. The van der Waals surface area contributed by atoms with Crippen molar-refractivity contribution in [2.24, 2.45) is 17.8 Å². The molecular formula is C10H16N2O. The van der Waals surface area contributed by atoms with Crippen LogP contribution in [0.1, 0.15) is 19.8 Å². The summed E-state index contributed by atoms with van der Waals surface area (Å²) in [5.41, 5.74) is 0.152. The van der Waals surface area contributed by atoms with Gasteiger partial charge in [-0.2, -0.15) is 0 Å². The van der Waals surface area contributed by atoms with Gasteiger partial charge in [0.15, 0.2) is 0 Å². The number of piperidine rings is 1. The minimum absolute atomic E-state index is 0.152. The van der Waals surface area contributed by atoms with Gasteiger partial charge in [-0.05, 0) is 18.8 Å². The van der Waals surface area contributed by atoms with Crippen molar-refractivity contribution >= 4 is 5.91 Å². The van der Waals surface area contributed by atoms with Crippen molar-refractivity contribution in [2.45, 2.75) is 25.3 Å². The number of rotatable bonds is 2. The lowest BCUT2D eigenvalue weighted by Crippen LogP contribution is -2.43. The molecule has 72 valence electrons. The minimum atomic E-state index is 0.152. The molecule has 1 amide bonds. The molecule has 1 aliphatic heterocycles. The van der Waals surface area contributed by atoms with Crippen molar-refractivity contribution in [2.75, 3.05) is 13.1 Å². The van der Waals surface area contributed by atoms with E-state index in [9.17, 15) is 4.79 Å². The van der Waals surface area contributed by atoms with Gasteiger partial charge in [0, 0.05) is 24.9 Å². The number of carbonyl (C=O) groups is 1. The van der Waals surface area contributed by atoms with Gasteiger partial charge in [0.1, 0.15) is 0 Å². The fourth-order valence-electron chi connectivity index (χ4n) is 2.74. The van der Waals surface area contributed by atoms with E-state index < -0.39 is 0 Å². The molecule has 3 fully saturated rings. The molecule has 0 aromatic rings. The van der Waals surface area contributed by atoms with E-state index in [1.807, 2.05) is 0 Å². The van der Waals surface area contributed by atoms with Crippen molar-refractivity contribution in [1.29, 1.82) is 0 Å². The van der Waals surface area contributed by atoms with Crippen molar-refractivity contribution in [1.82, 2.24) is 10.6 Å². The van der Waals surface area contributed by atoms with E-state index in [1.54, 1.807) is 0 Å². The predicted molar refractivity (Wildman–Crippen MR) is 49.1 cm³/mol. The van der Waals surface area contributed by atoms with Crippen LogP contribution in [-0.4, -0.2) is 24.5 Å². The van der Waals surface area contributed by atoms with Crippen LogP contribution in [0.2, 0.25) is 0 Å². The Labute approximate surface area is 78.3 Å². The lowest BCUT2D eigenvalue weighted by atomic mass is 10.2. The molecule has 2 N–H and O–H groups in total. The Morgan fingerprint density at radius 2 is 2.31 bits per heavy atom. The average Bonchev–Trinajstić information content (AvgIpc) is 2.97. The average molecular weight is 180 g/mol. The summed E-state index contributed by atoms with van der Waals surface area (Å²) < 4.78 is 0. The number of hydrogen-bond acceptors (Lipinski definition) is 2. The SMILES string of the molecule is C[C@H]1[C@H]2CNC[C@@]21NC(=O)C1CC1. The summed E-state index contributed by atoms with van der Waals surface area (Å²) in [6.07, 6.45) is 2.21. The van der Waals surface area contributed by atoms with Crippen LogP contribution in [0, 0.1) is 17.8 Å². The smallest absolute Gasteiger partial charge is 0.223 e. The minimum Gasteiger partial charge on any atom is -0.349 e. The molecule has 3 heteroatoms. The summed E-state index contributed by atoms with van der Waals surface area (Å²) in [7, 11) is 0. The first-order valence-electron chi connectivity index (χ1n) is 5.27. The highest BCUT2D eigenvalue weighted by Crippen LogP contribution is 2.52. The number of carbonyl (C=O) groups excluding carboxylic acids is 1. The fraction of sp³-hybridized carbons (Fsp3) is 0.900. The van der Waals surface area contributed by atoms with Crippen LogP contribution in [0.5, 0.6) is 0 Å². The molecule has 0 radical (unpaired) electrons. The zero-order chi connectivity index (χ0) is 9.05. The van der Waals surface area contributed by atoms with Gasteiger partial charge in [0.2, 0.25) is 5.91 Å². The van der Waals surface area contributed by atoms with E-state index >= 15 is 0 Å². The fourth-order valence-corrected chi connectivity index (χ4v) is 2.74. The topological polar surface area (TPSA) is 41.1 Å². The maximum absolute atomic E-state index is 11.6. The van der Waals surface area contributed by atoms with Crippen molar-refractivity contribution in [3.05, 3.63) is 0 Å². The molecule has 1 saturated heterocycles. The van der Waals surface area contributed by atoms with Crippen molar-refractivity contribution < 1.29 is 4.79 Å². The first kappa shape index (κ1) is 7.80.